The Bertz CT molecular complexity index is 227. The highest BCUT2D eigenvalue weighted by Crippen LogP contribution is 2.42. The molecule has 1 saturated heterocycles. The van der Waals surface area contributed by atoms with Gasteiger partial charge in [0.15, 0.2) is 0 Å². The van der Waals surface area contributed by atoms with Crippen molar-refractivity contribution in [2.45, 2.75) is 71.8 Å². The van der Waals surface area contributed by atoms with E-state index >= 15 is 0 Å². The van der Waals surface area contributed by atoms with E-state index in [2.05, 4.69) is 27.7 Å². The molecule has 0 aromatic carbocycles. The van der Waals surface area contributed by atoms with Gasteiger partial charge in [-0.1, -0.05) is 53.4 Å². The molecule has 1 aliphatic heterocycles. The number of aliphatic hydroxyl groups is 1. The monoisotopic (exact) mass is 258 g/mol. The first kappa shape index (κ1) is 15.4. The van der Waals surface area contributed by atoms with Gasteiger partial charge in [0.2, 0.25) is 0 Å². The van der Waals surface area contributed by atoms with Crippen LogP contribution in [-0.2, 0) is 0 Å². The number of unbranched alkanes of at least 4 members (excludes halogenated alkanes) is 1. The van der Waals surface area contributed by atoms with Crippen LogP contribution in [0.5, 0.6) is 0 Å². The third-order valence-corrected chi connectivity index (χ3v) is 5.61. The smallest absolute Gasteiger partial charge is 0.0745 e. The fourth-order valence-corrected chi connectivity index (χ4v) is 4.48. The first-order valence-electron chi connectivity index (χ1n) is 7.21. The molecule has 0 aromatic heterocycles. The summed E-state index contributed by atoms with van der Waals surface area (Å²) in [6.07, 6.45) is 7.09. The summed E-state index contributed by atoms with van der Waals surface area (Å²) in [5.41, 5.74) is -0.0957. The normalized spacial score (nSPS) is 30.2. The lowest BCUT2D eigenvalue weighted by molar-refractivity contribution is -0.00375. The second kappa shape index (κ2) is 6.47. The number of thioether (sulfide) groups is 1. The lowest BCUT2D eigenvalue weighted by atomic mass is 9.76. The van der Waals surface area contributed by atoms with Gasteiger partial charge in [-0.3, -0.25) is 0 Å². The summed E-state index contributed by atoms with van der Waals surface area (Å²) in [6.45, 7) is 9.10. The maximum atomic E-state index is 10.8. The van der Waals surface area contributed by atoms with E-state index in [1.165, 1.54) is 31.4 Å². The molecule has 0 aliphatic carbocycles. The van der Waals surface area contributed by atoms with Crippen LogP contribution in [0.15, 0.2) is 0 Å². The van der Waals surface area contributed by atoms with E-state index in [9.17, 15) is 5.11 Å². The van der Waals surface area contributed by atoms with Gasteiger partial charge in [-0.25, -0.2) is 0 Å². The van der Waals surface area contributed by atoms with E-state index < -0.39 is 5.60 Å². The Kier molecular flexibility index (Phi) is 5.85. The summed E-state index contributed by atoms with van der Waals surface area (Å²) < 4.78 is 0. The molecular weight excluding hydrogens is 228 g/mol. The first-order valence-corrected chi connectivity index (χ1v) is 8.36. The van der Waals surface area contributed by atoms with Gasteiger partial charge < -0.3 is 5.11 Å². The second-order valence-corrected chi connectivity index (χ2v) is 7.66. The van der Waals surface area contributed by atoms with Gasteiger partial charge in [0, 0.05) is 5.75 Å². The summed E-state index contributed by atoms with van der Waals surface area (Å²) in [6, 6.07) is 0. The Morgan fingerprint density at radius 1 is 1.24 bits per heavy atom. The number of rotatable bonds is 6. The van der Waals surface area contributed by atoms with Crippen molar-refractivity contribution < 1.29 is 5.11 Å². The van der Waals surface area contributed by atoms with Crippen molar-refractivity contribution in [2.24, 2.45) is 11.3 Å². The summed E-state index contributed by atoms with van der Waals surface area (Å²) >= 11 is 1.94. The predicted octanol–water partition coefficient (Wildman–Crippen LogP) is 4.49. The molecule has 0 bridgehead atoms. The Morgan fingerprint density at radius 2 is 1.94 bits per heavy atom. The van der Waals surface area contributed by atoms with Crippen LogP contribution < -0.4 is 0 Å². The molecule has 1 nitrogen and oxygen atoms in total. The standard InChI is InChI=1S/C15H30OS/c1-5-7-8-13(6-2)9-15(16)10-14(3,4)11-17-12-15/h13,16H,5-12H2,1-4H3. The summed E-state index contributed by atoms with van der Waals surface area (Å²) in [4.78, 5) is 0. The van der Waals surface area contributed by atoms with Crippen LogP contribution in [0.25, 0.3) is 0 Å². The average molecular weight is 258 g/mol. The summed E-state index contributed by atoms with van der Waals surface area (Å²) in [5.74, 6) is 2.86. The summed E-state index contributed by atoms with van der Waals surface area (Å²) in [5, 5.41) is 10.8. The van der Waals surface area contributed by atoms with Crippen molar-refractivity contribution in [3.63, 3.8) is 0 Å². The van der Waals surface area contributed by atoms with Crippen molar-refractivity contribution in [1.29, 1.82) is 0 Å². The Morgan fingerprint density at radius 3 is 2.47 bits per heavy atom. The first-order chi connectivity index (χ1) is 7.91. The molecule has 1 aliphatic rings. The van der Waals surface area contributed by atoms with Gasteiger partial charge in [-0.15, -0.1) is 0 Å². The lowest BCUT2D eigenvalue weighted by Gasteiger charge is -2.42. The highest BCUT2D eigenvalue weighted by atomic mass is 32.2. The average Bonchev–Trinajstić information content (AvgIpc) is 2.22. The van der Waals surface area contributed by atoms with E-state index in [4.69, 9.17) is 0 Å². The highest BCUT2D eigenvalue weighted by Gasteiger charge is 2.39. The third kappa shape index (κ3) is 5.21. The molecule has 0 aromatic rings. The topological polar surface area (TPSA) is 20.2 Å². The molecule has 1 N–H and O–H groups in total. The van der Waals surface area contributed by atoms with Crippen LogP contribution in [0.3, 0.4) is 0 Å². The van der Waals surface area contributed by atoms with Crippen LogP contribution in [0.2, 0.25) is 0 Å². The van der Waals surface area contributed by atoms with Crippen LogP contribution in [-0.4, -0.2) is 22.2 Å². The minimum atomic E-state index is -0.402. The van der Waals surface area contributed by atoms with Crippen LogP contribution >= 0.6 is 11.8 Å². The molecule has 1 fully saturated rings. The molecule has 0 amide bonds. The van der Waals surface area contributed by atoms with Gasteiger partial charge in [-0.2, -0.15) is 11.8 Å². The lowest BCUT2D eigenvalue weighted by Crippen LogP contribution is -2.43. The Balaban J connectivity index is 2.51. The molecule has 17 heavy (non-hydrogen) atoms. The minimum Gasteiger partial charge on any atom is -0.389 e. The van der Waals surface area contributed by atoms with E-state index in [-0.39, 0.29) is 0 Å². The van der Waals surface area contributed by atoms with Crippen molar-refractivity contribution in [3.8, 4) is 0 Å². The fourth-order valence-electron chi connectivity index (χ4n) is 3.12. The Hall–Kier alpha value is 0.310. The third-order valence-electron chi connectivity index (χ3n) is 3.88. The van der Waals surface area contributed by atoms with E-state index in [1.807, 2.05) is 11.8 Å². The number of hydrogen-bond acceptors (Lipinski definition) is 2. The molecule has 2 heteroatoms. The van der Waals surface area contributed by atoms with Crippen molar-refractivity contribution in [1.82, 2.24) is 0 Å². The molecular formula is C15H30OS. The predicted molar refractivity (Wildman–Crippen MR) is 78.6 cm³/mol. The van der Waals surface area contributed by atoms with E-state index in [0.29, 0.717) is 5.41 Å². The maximum Gasteiger partial charge on any atom is 0.0745 e. The van der Waals surface area contributed by atoms with Gasteiger partial charge in [0.05, 0.1) is 5.60 Å². The second-order valence-electron chi connectivity index (χ2n) is 6.68. The van der Waals surface area contributed by atoms with Crippen molar-refractivity contribution in [2.75, 3.05) is 11.5 Å². The molecule has 1 rings (SSSR count). The fraction of sp³-hybridized carbons (Fsp3) is 1.00. The van der Waals surface area contributed by atoms with E-state index in [1.54, 1.807) is 0 Å². The van der Waals surface area contributed by atoms with Gasteiger partial charge in [-0.05, 0) is 29.9 Å². The zero-order valence-corrected chi connectivity index (χ0v) is 12.9. The molecule has 102 valence electrons. The van der Waals surface area contributed by atoms with Gasteiger partial charge in [0.1, 0.15) is 0 Å². The Labute approximate surface area is 112 Å². The molecule has 0 radical (unpaired) electrons. The summed E-state index contributed by atoms with van der Waals surface area (Å²) in [7, 11) is 0. The van der Waals surface area contributed by atoms with Gasteiger partial charge in [0.25, 0.3) is 0 Å². The SMILES string of the molecule is CCCCC(CC)CC1(O)CSCC(C)(C)C1. The van der Waals surface area contributed by atoms with Gasteiger partial charge >= 0.3 is 0 Å². The van der Waals surface area contributed by atoms with Crippen LogP contribution in [0, 0.1) is 11.3 Å². The van der Waals surface area contributed by atoms with Crippen LogP contribution in [0.4, 0.5) is 0 Å². The minimum absolute atomic E-state index is 0.306. The molecule has 0 saturated carbocycles. The molecule has 1 heterocycles. The number of hydrogen-bond donors (Lipinski definition) is 1. The molecule has 2 atom stereocenters. The highest BCUT2D eigenvalue weighted by molar-refractivity contribution is 7.99. The zero-order valence-electron chi connectivity index (χ0n) is 12.1. The molecule has 2 unspecified atom stereocenters. The maximum absolute atomic E-state index is 10.8. The zero-order chi connectivity index (χ0) is 12.9. The van der Waals surface area contributed by atoms with Crippen molar-refractivity contribution >= 4 is 11.8 Å². The molecule has 0 spiro atoms. The van der Waals surface area contributed by atoms with E-state index in [0.717, 1.165) is 24.5 Å². The van der Waals surface area contributed by atoms with Crippen molar-refractivity contribution in [3.05, 3.63) is 0 Å². The quantitative estimate of drug-likeness (QED) is 0.757. The largest absolute Gasteiger partial charge is 0.389 e. The van der Waals surface area contributed by atoms with Crippen LogP contribution in [0.1, 0.15) is 66.2 Å².